The largest absolute Gasteiger partial charge is 0.513 e. The summed E-state index contributed by atoms with van der Waals surface area (Å²) in [6.45, 7) is 2.16. The molecular formula is C20H32O3. The van der Waals surface area contributed by atoms with Crippen molar-refractivity contribution in [3.8, 4) is 0 Å². The van der Waals surface area contributed by atoms with Gasteiger partial charge in [0.25, 0.3) is 0 Å². The van der Waals surface area contributed by atoms with Gasteiger partial charge in [0.05, 0.1) is 5.76 Å². The molecule has 0 aromatic carbocycles. The summed E-state index contributed by atoms with van der Waals surface area (Å²) in [6.07, 6.45) is 22.9. The Bertz CT molecular complexity index is 403. The van der Waals surface area contributed by atoms with E-state index in [0.29, 0.717) is 5.76 Å². The van der Waals surface area contributed by atoms with Crippen LogP contribution in [0.15, 0.2) is 48.3 Å². The zero-order valence-corrected chi connectivity index (χ0v) is 14.4. The molecule has 0 saturated heterocycles. The minimum absolute atomic E-state index is 0.261. The lowest BCUT2D eigenvalue weighted by Gasteiger charge is -1.97. The highest BCUT2D eigenvalue weighted by Crippen LogP contribution is 2.07. The molecule has 2 N–H and O–H groups in total. The highest BCUT2D eigenvalue weighted by molar-refractivity contribution is 5.66. The van der Waals surface area contributed by atoms with Crippen molar-refractivity contribution >= 4 is 5.97 Å². The fourth-order valence-electron chi connectivity index (χ4n) is 2.00. The first kappa shape index (κ1) is 21.2. The molecule has 0 amide bonds. The summed E-state index contributed by atoms with van der Waals surface area (Å²) < 4.78 is 0. The van der Waals surface area contributed by atoms with E-state index < -0.39 is 5.97 Å². The topological polar surface area (TPSA) is 57.5 Å². The number of hydrogen-bond acceptors (Lipinski definition) is 2. The normalized spacial score (nSPS) is 12.8. The quantitative estimate of drug-likeness (QED) is 0.176. The van der Waals surface area contributed by atoms with Gasteiger partial charge in [-0.15, -0.1) is 0 Å². The summed E-state index contributed by atoms with van der Waals surface area (Å²) in [4.78, 5) is 10.3. The summed E-state index contributed by atoms with van der Waals surface area (Å²) in [5.74, 6) is -0.214. The highest BCUT2D eigenvalue weighted by atomic mass is 16.4. The van der Waals surface area contributed by atoms with E-state index in [4.69, 9.17) is 5.11 Å². The molecule has 0 saturated carbocycles. The number of aliphatic carboxylic acids is 1. The smallest absolute Gasteiger partial charge is 0.303 e. The van der Waals surface area contributed by atoms with Crippen LogP contribution >= 0.6 is 0 Å². The van der Waals surface area contributed by atoms with Crippen molar-refractivity contribution in [1.82, 2.24) is 0 Å². The van der Waals surface area contributed by atoms with Gasteiger partial charge in [-0.25, -0.2) is 0 Å². The van der Waals surface area contributed by atoms with Gasteiger partial charge in [0, 0.05) is 12.8 Å². The average molecular weight is 320 g/mol. The van der Waals surface area contributed by atoms with E-state index in [0.717, 1.165) is 44.9 Å². The Morgan fingerprint density at radius 1 is 0.826 bits per heavy atom. The summed E-state index contributed by atoms with van der Waals surface area (Å²) in [7, 11) is 0. The average Bonchev–Trinajstić information content (AvgIpc) is 2.51. The van der Waals surface area contributed by atoms with Gasteiger partial charge in [-0.3, -0.25) is 4.79 Å². The Balaban J connectivity index is 3.57. The van der Waals surface area contributed by atoms with E-state index in [2.05, 4.69) is 31.2 Å². The van der Waals surface area contributed by atoms with Crippen LogP contribution < -0.4 is 0 Å². The van der Waals surface area contributed by atoms with Crippen LogP contribution in [0.5, 0.6) is 0 Å². The van der Waals surface area contributed by atoms with Crippen LogP contribution in [0.1, 0.15) is 71.1 Å². The molecule has 0 spiro atoms. The predicted octanol–water partition coefficient (Wildman–Crippen LogP) is 6.10. The van der Waals surface area contributed by atoms with Gasteiger partial charge in [-0.05, 0) is 44.6 Å². The van der Waals surface area contributed by atoms with Gasteiger partial charge in [0.2, 0.25) is 0 Å². The van der Waals surface area contributed by atoms with Crippen LogP contribution in [0, 0.1) is 0 Å². The van der Waals surface area contributed by atoms with E-state index in [-0.39, 0.29) is 6.42 Å². The Morgan fingerprint density at radius 2 is 1.52 bits per heavy atom. The molecule has 0 unspecified atom stereocenters. The van der Waals surface area contributed by atoms with Gasteiger partial charge < -0.3 is 10.2 Å². The lowest BCUT2D eigenvalue weighted by atomic mass is 10.1. The first-order valence-corrected chi connectivity index (χ1v) is 8.73. The fourth-order valence-corrected chi connectivity index (χ4v) is 2.00. The molecule has 23 heavy (non-hydrogen) atoms. The summed E-state index contributed by atoms with van der Waals surface area (Å²) in [5, 5.41) is 18.1. The third kappa shape index (κ3) is 18.2. The molecule has 130 valence electrons. The number of allylic oxidation sites excluding steroid dienone is 8. The maximum atomic E-state index is 10.3. The molecule has 0 radical (unpaired) electrons. The number of unbranched alkanes of at least 4 members (excludes halogenated alkanes) is 4. The Kier molecular flexibility index (Phi) is 15.3. The maximum Gasteiger partial charge on any atom is 0.303 e. The predicted molar refractivity (Wildman–Crippen MR) is 97.6 cm³/mol. The van der Waals surface area contributed by atoms with E-state index in [1.54, 1.807) is 0 Å². The maximum absolute atomic E-state index is 10.3. The van der Waals surface area contributed by atoms with Crippen molar-refractivity contribution in [2.75, 3.05) is 0 Å². The lowest BCUT2D eigenvalue weighted by Crippen LogP contribution is -1.92. The number of carbonyl (C=O) groups is 1. The molecule has 0 aliphatic carbocycles. The van der Waals surface area contributed by atoms with Crippen molar-refractivity contribution in [3.63, 3.8) is 0 Å². The van der Waals surface area contributed by atoms with Crippen LogP contribution in [-0.2, 0) is 4.79 Å². The third-order valence-electron chi connectivity index (χ3n) is 3.36. The van der Waals surface area contributed by atoms with E-state index in [1.165, 1.54) is 12.8 Å². The summed E-state index contributed by atoms with van der Waals surface area (Å²) in [5.41, 5.74) is 0. The van der Waals surface area contributed by atoms with Gasteiger partial charge in [-0.1, -0.05) is 56.2 Å². The summed E-state index contributed by atoms with van der Waals surface area (Å²) >= 11 is 0. The SMILES string of the molecule is CCCCC/C(O)=C\C/C=C\C/C=C\C=C\CCCCC(=O)O. The molecule has 0 aliphatic rings. The van der Waals surface area contributed by atoms with Crippen molar-refractivity contribution < 1.29 is 15.0 Å². The Hall–Kier alpha value is -1.77. The van der Waals surface area contributed by atoms with Crippen molar-refractivity contribution in [2.45, 2.75) is 71.1 Å². The number of carboxylic acids is 1. The number of carboxylic acid groups (broad SMARTS) is 1. The minimum atomic E-state index is -0.718. The van der Waals surface area contributed by atoms with Crippen molar-refractivity contribution in [3.05, 3.63) is 48.3 Å². The molecule has 3 nitrogen and oxygen atoms in total. The fraction of sp³-hybridized carbons (Fsp3) is 0.550. The first-order valence-electron chi connectivity index (χ1n) is 8.73. The van der Waals surface area contributed by atoms with Crippen molar-refractivity contribution in [1.29, 1.82) is 0 Å². The molecule has 0 fully saturated rings. The minimum Gasteiger partial charge on any atom is -0.513 e. The van der Waals surface area contributed by atoms with Gasteiger partial charge in [0.15, 0.2) is 0 Å². The van der Waals surface area contributed by atoms with Crippen LogP contribution in [0.2, 0.25) is 0 Å². The molecule has 0 aliphatic heterocycles. The number of aliphatic hydroxyl groups excluding tert-OH is 1. The van der Waals surface area contributed by atoms with Gasteiger partial charge in [-0.2, -0.15) is 0 Å². The highest BCUT2D eigenvalue weighted by Gasteiger charge is 1.94. The Labute approximate surface area is 141 Å². The van der Waals surface area contributed by atoms with Gasteiger partial charge in [0.1, 0.15) is 0 Å². The molecule has 0 rings (SSSR count). The number of rotatable bonds is 14. The number of hydrogen-bond donors (Lipinski definition) is 2. The zero-order chi connectivity index (χ0) is 17.2. The van der Waals surface area contributed by atoms with Crippen LogP contribution in [0.4, 0.5) is 0 Å². The third-order valence-corrected chi connectivity index (χ3v) is 3.36. The van der Waals surface area contributed by atoms with Gasteiger partial charge >= 0.3 is 5.97 Å². The molecule has 0 aromatic heterocycles. The molecule has 0 aromatic rings. The second-order valence-electron chi connectivity index (χ2n) is 5.59. The van der Waals surface area contributed by atoms with Crippen LogP contribution in [0.25, 0.3) is 0 Å². The van der Waals surface area contributed by atoms with E-state index in [1.807, 2.05) is 18.2 Å². The monoisotopic (exact) mass is 320 g/mol. The standard InChI is InChI=1S/C20H32O3/c1-2-3-13-16-19(21)17-14-11-9-7-5-4-6-8-10-12-15-18-20(22)23/h4-6,8-9,11,17,21H,2-3,7,10,12-16,18H2,1H3,(H,22,23)/b5-4-,8-6+,11-9-,19-17+. The van der Waals surface area contributed by atoms with E-state index in [9.17, 15) is 9.90 Å². The molecule has 3 heteroatoms. The van der Waals surface area contributed by atoms with Crippen LogP contribution in [0.3, 0.4) is 0 Å². The van der Waals surface area contributed by atoms with Crippen molar-refractivity contribution in [2.24, 2.45) is 0 Å². The van der Waals surface area contributed by atoms with E-state index >= 15 is 0 Å². The lowest BCUT2D eigenvalue weighted by molar-refractivity contribution is -0.137. The molecule has 0 bridgehead atoms. The van der Waals surface area contributed by atoms with Crippen LogP contribution in [-0.4, -0.2) is 16.2 Å². The first-order chi connectivity index (χ1) is 11.2. The second kappa shape index (κ2) is 16.6. The molecular weight excluding hydrogens is 288 g/mol. The molecule has 0 atom stereocenters. The zero-order valence-electron chi connectivity index (χ0n) is 14.4. The number of aliphatic hydroxyl groups is 1. The molecule has 0 heterocycles. The second-order valence-corrected chi connectivity index (χ2v) is 5.59. The summed E-state index contributed by atoms with van der Waals surface area (Å²) in [6, 6.07) is 0. The Morgan fingerprint density at radius 3 is 2.26 bits per heavy atom.